The van der Waals surface area contributed by atoms with Gasteiger partial charge in [0.1, 0.15) is 0 Å². The average molecular weight is 487 g/mol. The summed E-state index contributed by atoms with van der Waals surface area (Å²) >= 11 is 1.08. The molecule has 1 atom stereocenters. The molecule has 1 aromatic carbocycles. The summed E-state index contributed by atoms with van der Waals surface area (Å²) in [4.78, 5) is 0. The lowest BCUT2D eigenvalue weighted by molar-refractivity contribution is -0.375. The van der Waals surface area contributed by atoms with Gasteiger partial charge in [-0.15, -0.1) is 0 Å². The fourth-order valence-corrected chi connectivity index (χ4v) is 2.20. The van der Waals surface area contributed by atoms with Gasteiger partial charge in [-0.1, -0.05) is 12.1 Å². The monoisotopic (exact) mass is 487 g/mol. The van der Waals surface area contributed by atoms with E-state index in [-0.39, 0.29) is 0 Å². The highest BCUT2D eigenvalue weighted by atomic mass is 127. The second kappa shape index (κ2) is 6.37. The van der Waals surface area contributed by atoms with Crippen molar-refractivity contribution >= 4 is 28.3 Å². The highest BCUT2D eigenvalue weighted by Crippen LogP contribution is 2.53. The second-order valence-electron chi connectivity index (χ2n) is 4.36. The number of benzene rings is 1. The van der Waals surface area contributed by atoms with Crippen LogP contribution in [-0.2, 0) is 0 Å². The highest BCUT2D eigenvalue weighted by molar-refractivity contribution is 14.1. The molecule has 0 saturated heterocycles. The third kappa shape index (κ3) is 3.49. The van der Waals surface area contributed by atoms with Crippen molar-refractivity contribution in [3.8, 4) is 0 Å². The zero-order valence-corrected chi connectivity index (χ0v) is 13.0. The van der Waals surface area contributed by atoms with E-state index in [1.807, 2.05) is 0 Å². The van der Waals surface area contributed by atoms with Crippen LogP contribution in [0.15, 0.2) is 18.2 Å². The largest absolute Gasteiger partial charge is 0.459 e. The predicted molar refractivity (Wildman–Crippen MR) is 68.6 cm³/mol. The zero-order chi connectivity index (χ0) is 19.1. The highest BCUT2D eigenvalue weighted by Gasteiger charge is 2.81. The number of para-hydroxylation sites is 1. The van der Waals surface area contributed by atoms with E-state index in [0.29, 0.717) is 11.4 Å². The smallest absolute Gasteiger partial charge is 0.339 e. The molecular weight excluding hydrogens is 482 g/mol. The first-order valence-corrected chi connectivity index (χ1v) is 6.69. The topological polar surface area (TPSA) is 12.0 Å². The van der Waals surface area contributed by atoms with Crippen LogP contribution in [-0.4, -0.2) is 24.1 Å². The van der Waals surface area contributed by atoms with Crippen LogP contribution in [0.4, 0.5) is 54.0 Å². The lowest BCUT2D eigenvalue weighted by Gasteiger charge is -2.37. The van der Waals surface area contributed by atoms with Crippen LogP contribution in [0.25, 0.3) is 0 Å². The molecule has 0 radical (unpaired) electrons. The molecule has 24 heavy (non-hydrogen) atoms. The van der Waals surface area contributed by atoms with Crippen LogP contribution >= 0.6 is 22.6 Å². The molecule has 1 N–H and O–H groups in total. The van der Waals surface area contributed by atoms with Gasteiger partial charge >= 0.3 is 24.1 Å². The maximum absolute atomic E-state index is 13.9. The van der Waals surface area contributed by atoms with Gasteiger partial charge in [-0.3, -0.25) is 0 Å². The standard InChI is InChI=1S/C11H5F11IN/c12-7(13)4-2-1-3-5(23)6(4)24-9(16,11(20,21)22)8(14,15)10(17,18)19/h1-3,7,24H. The van der Waals surface area contributed by atoms with E-state index in [9.17, 15) is 48.3 Å². The summed E-state index contributed by atoms with van der Waals surface area (Å²) in [5.41, 5.74) is -2.89. The Labute approximate surface area is 140 Å². The number of alkyl halides is 11. The van der Waals surface area contributed by atoms with Crippen LogP contribution in [0, 0.1) is 3.57 Å². The Morgan fingerprint density at radius 2 is 1.33 bits per heavy atom. The van der Waals surface area contributed by atoms with Crippen LogP contribution in [0.5, 0.6) is 0 Å². The fourth-order valence-electron chi connectivity index (χ4n) is 1.55. The van der Waals surface area contributed by atoms with Crippen molar-refractivity contribution in [2.75, 3.05) is 5.32 Å². The summed E-state index contributed by atoms with van der Waals surface area (Å²) in [6, 6.07) is 2.15. The molecule has 0 saturated carbocycles. The summed E-state index contributed by atoms with van der Waals surface area (Å²) in [5.74, 6) is -13.3. The van der Waals surface area contributed by atoms with Gasteiger partial charge in [0.25, 0.3) is 6.43 Å². The third-order valence-electron chi connectivity index (χ3n) is 2.76. The van der Waals surface area contributed by atoms with Crippen LogP contribution in [0.1, 0.15) is 12.0 Å². The van der Waals surface area contributed by atoms with Gasteiger partial charge in [-0.25, -0.2) is 13.2 Å². The molecule has 13 heteroatoms. The maximum Gasteiger partial charge on any atom is 0.459 e. The lowest BCUT2D eigenvalue weighted by atomic mass is 10.0. The van der Waals surface area contributed by atoms with E-state index in [1.165, 1.54) is 0 Å². The molecule has 0 heterocycles. The second-order valence-corrected chi connectivity index (χ2v) is 5.52. The Kier molecular flexibility index (Phi) is 5.58. The number of hydrogen-bond donors (Lipinski definition) is 1. The van der Waals surface area contributed by atoms with Gasteiger partial charge in [-0.2, -0.15) is 35.1 Å². The number of anilines is 1. The molecule has 0 fully saturated rings. The van der Waals surface area contributed by atoms with Gasteiger partial charge in [0.2, 0.25) is 0 Å². The Bertz CT molecular complexity index is 595. The van der Waals surface area contributed by atoms with Gasteiger partial charge in [0.15, 0.2) is 0 Å². The Morgan fingerprint density at radius 1 is 0.833 bits per heavy atom. The third-order valence-corrected chi connectivity index (χ3v) is 3.66. The summed E-state index contributed by atoms with van der Waals surface area (Å²) in [6.45, 7) is 0. The Balaban J connectivity index is 3.59. The van der Waals surface area contributed by atoms with Crippen molar-refractivity contribution in [2.45, 2.75) is 30.5 Å². The fraction of sp³-hybridized carbons (Fsp3) is 0.455. The Hall–Kier alpha value is -1.02. The van der Waals surface area contributed by atoms with E-state index in [0.717, 1.165) is 34.7 Å². The van der Waals surface area contributed by atoms with Crippen molar-refractivity contribution in [1.82, 2.24) is 0 Å². The van der Waals surface area contributed by atoms with Crippen LogP contribution in [0.2, 0.25) is 0 Å². The average Bonchev–Trinajstić information content (AvgIpc) is 2.37. The van der Waals surface area contributed by atoms with E-state index < -0.39 is 45.3 Å². The minimum absolute atomic E-state index is 0.311. The first kappa shape index (κ1) is 21.0. The zero-order valence-electron chi connectivity index (χ0n) is 10.8. The Morgan fingerprint density at radius 3 is 1.71 bits per heavy atom. The molecule has 1 nitrogen and oxygen atoms in total. The van der Waals surface area contributed by atoms with Crippen LogP contribution in [0.3, 0.4) is 0 Å². The maximum atomic E-state index is 13.9. The molecule has 0 aliphatic carbocycles. The molecule has 1 aromatic rings. The molecule has 0 aliphatic heterocycles. The molecule has 0 bridgehead atoms. The van der Waals surface area contributed by atoms with Crippen molar-refractivity contribution in [3.05, 3.63) is 27.3 Å². The molecule has 0 aliphatic rings. The van der Waals surface area contributed by atoms with E-state index in [1.54, 1.807) is 0 Å². The molecule has 0 amide bonds. The summed E-state index contributed by atoms with van der Waals surface area (Å²) in [6.07, 6.45) is -17.3. The van der Waals surface area contributed by atoms with Crippen molar-refractivity contribution < 1.29 is 48.3 Å². The summed E-state index contributed by atoms with van der Waals surface area (Å²) < 4.78 is 140. The number of hydrogen-bond acceptors (Lipinski definition) is 1. The first-order chi connectivity index (χ1) is 10.6. The summed E-state index contributed by atoms with van der Waals surface area (Å²) in [5, 5.41) is 0.311. The van der Waals surface area contributed by atoms with Crippen molar-refractivity contribution in [3.63, 3.8) is 0 Å². The van der Waals surface area contributed by atoms with Gasteiger partial charge < -0.3 is 5.32 Å². The minimum Gasteiger partial charge on any atom is -0.339 e. The van der Waals surface area contributed by atoms with Crippen molar-refractivity contribution in [1.29, 1.82) is 0 Å². The minimum atomic E-state index is -6.95. The summed E-state index contributed by atoms with van der Waals surface area (Å²) in [7, 11) is 0. The van der Waals surface area contributed by atoms with Gasteiger partial charge in [-0.05, 0) is 28.7 Å². The van der Waals surface area contributed by atoms with Crippen LogP contribution < -0.4 is 5.32 Å². The van der Waals surface area contributed by atoms with E-state index in [2.05, 4.69) is 0 Å². The molecule has 0 spiro atoms. The molecular formula is C11H5F11IN. The predicted octanol–water partition coefficient (Wildman–Crippen LogP) is 6.07. The normalized spacial score (nSPS) is 16.2. The molecule has 1 rings (SSSR count). The first-order valence-electron chi connectivity index (χ1n) is 5.61. The quantitative estimate of drug-likeness (QED) is 0.309. The van der Waals surface area contributed by atoms with Crippen molar-refractivity contribution in [2.24, 2.45) is 0 Å². The number of halogens is 12. The lowest BCUT2D eigenvalue weighted by Crippen LogP contribution is -2.66. The molecule has 0 aromatic heterocycles. The number of rotatable bonds is 4. The molecule has 1 unspecified atom stereocenters. The van der Waals surface area contributed by atoms with Gasteiger partial charge in [0.05, 0.1) is 5.69 Å². The molecule has 138 valence electrons. The van der Waals surface area contributed by atoms with Gasteiger partial charge in [0, 0.05) is 9.13 Å². The number of nitrogens with one attached hydrogen (secondary N) is 1. The SMILES string of the molecule is FC(F)c1cccc(I)c1NC(F)(C(F)(F)F)C(F)(F)C(F)(F)F. The van der Waals surface area contributed by atoms with E-state index in [4.69, 9.17) is 0 Å². The van der Waals surface area contributed by atoms with E-state index >= 15 is 0 Å².